The molecule has 0 radical (unpaired) electrons. The predicted molar refractivity (Wildman–Crippen MR) is 126 cm³/mol. The van der Waals surface area contributed by atoms with E-state index in [-0.39, 0.29) is 0 Å². The fourth-order valence-electron chi connectivity index (χ4n) is 3.46. The summed E-state index contributed by atoms with van der Waals surface area (Å²) in [6.45, 7) is 7.27. The molecule has 4 nitrogen and oxygen atoms in total. The van der Waals surface area contributed by atoms with Crippen LogP contribution in [0.5, 0.6) is 0 Å². The topological polar surface area (TPSA) is 56.7 Å². The van der Waals surface area contributed by atoms with Crippen molar-refractivity contribution in [1.29, 1.82) is 0 Å². The van der Waals surface area contributed by atoms with Crippen LogP contribution < -0.4 is 5.73 Å². The first-order chi connectivity index (χ1) is 13.9. The molecule has 156 valence electrons. The van der Waals surface area contributed by atoms with E-state index in [1.54, 1.807) is 17.8 Å². The van der Waals surface area contributed by atoms with Gasteiger partial charge in [-0.2, -0.15) is 0 Å². The minimum absolute atomic E-state index is 0.535. The Hall–Kier alpha value is -1.43. The SMILES string of the molecule is CCCCc1nc2c(N)nc(C)c(C)c2n1CCCCSc1ccc(Cl)cc1Cl. The van der Waals surface area contributed by atoms with E-state index in [9.17, 15) is 0 Å². The maximum atomic E-state index is 6.27. The fraction of sp³-hybridized carbons (Fsp3) is 0.455. The van der Waals surface area contributed by atoms with Crippen LogP contribution in [-0.4, -0.2) is 20.3 Å². The maximum absolute atomic E-state index is 6.27. The summed E-state index contributed by atoms with van der Waals surface area (Å²) < 4.78 is 2.37. The molecule has 0 amide bonds. The number of hydrogen-bond donors (Lipinski definition) is 1. The molecule has 1 aromatic carbocycles. The lowest BCUT2D eigenvalue weighted by Crippen LogP contribution is -2.06. The van der Waals surface area contributed by atoms with E-state index >= 15 is 0 Å². The zero-order valence-corrected chi connectivity index (χ0v) is 19.6. The summed E-state index contributed by atoms with van der Waals surface area (Å²) in [5.41, 5.74) is 10.3. The van der Waals surface area contributed by atoms with Crippen LogP contribution in [0.2, 0.25) is 10.0 Å². The third-order valence-corrected chi connectivity index (χ3v) is 6.98. The van der Waals surface area contributed by atoms with Crippen LogP contribution in [0.1, 0.15) is 49.7 Å². The zero-order valence-electron chi connectivity index (χ0n) is 17.3. The number of benzene rings is 1. The first-order valence-electron chi connectivity index (χ1n) is 10.1. The van der Waals surface area contributed by atoms with Crippen molar-refractivity contribution < 1.29 is 0 Å². The normalized spacial score (nSPS) is 11.5. The number of thioether (sulfide) groups is 1. The number of nitrogens with zero attached hydrogens (tertiary/aromatic N) is 3. The lowest BCUT2D eigenvalue weighted by molar-refractivity contribution is 0.605. The lowest BCUT2D eigenvalue weighted by Gasteiger charge is -2.12. The largest absolute Gasteiger partial charge is 0.382 e. The Morgan fingerprint density at radius 2 is 1.90 bits per heavy atom. The van der Waals surface area contributed by atoms with E-state index in [1.807, 2.05) is 19.1 Å². The summed E-state index contributed by atoms with van der Waals surface area (Å²) in [5.74, 6) is 2.67. The quantitative estimate of drug-likeness (QED) is 0.285. The molecular formula is C22H28Cl2N4S. The third-order valence-electron chi connectivity index (χ3n) is 5.16. The average Bonchev–Trinajstić information content (AvgIpc) is 3.05. The first kappa shape index (κ1) is 22.3. The van der Waals surface area contributed by atoms with Gasteiger partial charge < -0.3 is 10.3 Å². The van der Waals surface area contributed by atoms with Crippen molar-refractivity contribution in [3.8, 4) is 0 Å². The number of fused-ring (bicyclic) bond motifs is 1. The summed E-state index contributed by atoms with van der Waals surface area (Å²) in [7, 11) is 0. The highest BCUT2D eigenvalue weighted by Gasteiger charge is 2.17. The number of pyridine rings is 1. The molecule has 7 heteroatoms. The molecule has 0 saturated carbocycles. The number of nitrogen functional groups attached to an aromatic ring is 1. The Labute approximate surface area is 187 Å². The zero-order chi connectivity index (χ0) is 21.0. The summed E-state index contributed by atoms with van der Waals surface area (Å²) in [6.07, 6.45) is 5.41. The van der Waals surface area contributed by atoms with E-state index in [1.165, 1.54) is 5.56 Å². The molecule has 0 unspecified atom stereocenters. The molecular weight excluding hydrogens is 423 g/mol. The Morgan fingerprint density at radius 3 is 2.62 bits per heavy atom. The van der Waals surface area contributed by atoms with Crippen molar-refractivity contribution in [3.63, 3.8) is 0 Å². The molecule has 0 fully saturated rings. The number of unbranched alkanes of at least 4 members (excludes halogenated alkanes) is 2. The minimum Gasteiger partial charge on any atom is -0.382 e. The molecule has 2 aromatic heterocycles. The number of aryl methyl sites for hydroxylation is 4. The monoisotopic (exact) mass is 450 g/mol. The smallest absolute Gasteiger partial charge is 0.151 e. The predicted octanol–water partition coefficient (Wildman–Crippen LogP) is 6.85. The minimum atomic E-state index is 0.535. The molecule has 0 aliphatic carbocycles. The van der Waals surface area contributed by atoms with Crippen LogP contribution >= 0.6 is 35.0 Å². The third kappa shape index (κ3) is 5.19. The van der Waals surface area contributed by atoms with Crippen LogP contribution in [0, 0.1) is 13.8 Å². The van der Waals surface area contributed by atoms with Crippen molar-refractivity contribution >= 4 is 51.8 Å². The summed E-state index contributed by atoms with van der Waals surface area (Å²) in [4.78, 5) is 10.4. The van der Waals surface area contributed by atoms with E-state index in [4.69, 9.17) is 33.9 Å². The molecule has 0 atom stereocenters. The number of nitrogens with two attached hydrogens (primary N) is 1. The van der Waals surface area contributed by atoms with Crippen molar-refractivity contribution in [1.82, 2.24) is 14.5 Å². The van der Waals surface area contributed by atoms with Gasteiger partial charge in [-0.15, -0.1) is 11.8 Å². The molecule has 3 aromatic rings. The van der Waals surface area contributed by atoms with Crippen molar-refractivity contribution in [2.75, 3.05) is 11.5 Å². The number of anilines is 1. The molecule has 29 heavy (non-hydrogen) atoms. The average molecular weight is 451 g/mol. The van der Waals surface area contributed by atoms with Gasteiger partial charge in [0, 0.05) is 28.6 Å². The van der Waals surface area contributed by atoms with Gasteiger partial charge in [0.15, 0.2) is 5.82 Å². The van der Waals surface area contributed by atoms with Gasteiger partial charge in [-0.1, -0.05) is 36.5 Å². The summed E-state index contributed by atoms with van der Waals surface area (Å²) in [5, 5.41) is 1.39. The van der Waals surface area contributed by atoms with Crippen LogP contribution in [0.15, 0.2) is 23.1 Å². The second-order valence-corrected chi connectivity index (χ2v) is 9.30. The van der Waals surface area contributed by atoms with Crippen molar-refractivity contribution in [2.45, 2.75) is 64.3 Å². The molecule has 0 spiro atoms. The van der Waals surface area contributed by atoms with Crippen LogP contribution in [0.25, 0.3) is 11.0 Å². The van der Waals surface area contributed by atoms with Crippen LogP contribution in [-0.2, 0) is 13.0 Å². The van der Waals surface area contributed by atoms with Gasteiger partial charge in [-0.25, -0.2) is 9.97 Å². The molecule has 0 saturated heterocycles. The highest BCUT2D eigenvalue weighted by molar-refractivity contribution is 7.99. The highest BCUT2D eigenvalue weighted by atomic mass is 35.5. The van der Waals surface area contributed by atoms with E-state index < -0.39 is 0 Å². The van der Waals surface area contributed by atoms with E-state index in [2.05, 4.69) is 23.4 Å². The molecule has 2 heterocycles. The number of halogens is 2. The van der Waals surface area contributed by atoms with Gasteiger partial charge in [-0.05, 0) is 62.6 Å². The second kappa shape index (κ2) is 10.1. The van der Waals surface area contributed by atoms with E-state index in [0.29, 0.717) is 10.8 Å². The van der Waals surface area contributed by atoms with Gasteiger partial charge in [0.25, 0.3) is 0 Å². The number of rotatable bonds is 9. The molecule has 0 aliphatic heterocycles. The fourth-order valence-corrected chi connectivity index (χ4v) is 4.96. The molecule has 0 bridgehead atoms. The van der Waals surface area contributed by atoms with Gasteiger partial charge in [0.1, 0.15) is 11.3 Å². The van der Waals surface area contributed by atoms with Gasteiger partial charge in [0.2, 0.25) is 0 Å². The number of hydrogen-bond acceptors (Lipinski definition) is 4. The Kier molecular flexibility index (Phi) is 7.72. The second-order valence-electron chi connectivity index (χ2n) is 7.32. The summed E-state index contributed by atoms with van der Waals surface area (Å²) in [6, 6.07) is 5.67. The number of imidazole rings is 1. The van der Waals surface area contributed by atoms with Crippen LogP contribution in [0.4, 0.5) is 5.82 Å². The van der Waals surface area contributed by atoms with Gasteiger partial charge in [0.05, 0.1) is 10.5 Å². The number of aromatic nitrogens is 3. The van der Waals surface area contributed by atoms with Gasteiger partial charge >= 0.3 is 0 Å². The molecule has 3 rings (SSSR count). The molecule has 2 N–H and O–H groups in total. The first-order valence-corrected chi connectivity index (χ1v) is 11.9. The Bertz CT molecular complexity index is 1000. The van der Waals surface area contributed by atoms with Crippen molar-refractivity contribution in [3.05, 3.63) is 45.3 Å². The molecule has 0 aliphatic rings. The highest BCUT2D eigenvalue weighted by Crippen LogP contribution is 2.31. The lowest BCUT2D eigenvalue weighted by atomic mass is 10.2. The Morgan fingerprint density at radius 1 is 1.10 bits per heavy atom. The van der Waals surface area contributed by atoms with Crippen LogP contribution in [0.3, 0.4) is 0 Å². The Balaban J connectivity index is 1.71. The standard InChI is InChI=1S/C22H28Cl2N4S/c1-4-5-8-19-27-20-21(14(2)15(3)26-22(20)25)28(19)11-6-7-12-29-18-10-9-16(23)13-17(18)24/h9-10,13H,4-8,11-12H2,1-3H3,(H2,25,26). The summed E-state index contributed by atoms with van der Waals surface area (Å²) >= 11 is 14.0. The van der Waals surface area contributed by atoms with Crippen molar-refractivity contribution in [2.24, 2.45) is 0 Å². The van der Waals surface area contributed by atoms with Gasteiger partial charge in [-0.3, -0.25) is 0 Å². The maximum Gasteiger partial charge on any atom is 0.151 e. The van der Waals surface area contributed by atoms with E-state index in [0.717, 1.165) is 76.9 Å².